The Kier molecular flexibility index (Phi) is 4.18. The molecular weight excluding hydrogens is 258 g/mol. The van der Waals surface area contributed by atoms with Gasteiger partial charge in [0.05, 0.1) is 13.2 Å². The maximum absolute atomic E-state index is 11.7. The zero-order chi connectivity index (χ0) is 14.8. The maximum atomic E-state index is 11.7. The summed E-state index contributed by atoms with van der Waals surface area (Å²) >= 11 is 0. The van der Waals surface area contributed by atoms with Gasteiger partial charge in [0.2, 0.25) is 0 Å². The Morgan fingerprint density at radius 1 is 1.35 bits per heavy atom. The van der Waals surface area contributed by atoms with Crippen LogP contribution in [0.15, 0.2) is 18.2 Å². The highest BCUT2D eigenvalue weighted by atomic mass is 16.5. The molecule has 20 heavy (non-hydrogen) atoms. The molecule has 0 heterocycles. The van der Waals surface area contributed by atoms with E-state index >= 15 is 0 Å². The van der Waals surface area contributed by atoms with Crippen LogP contribution in [0.3, 0.4) is 0 Å². The summed E-state index contributed by atoms with van der Waals surface area (Å²) in [5.74, 6) is 0.112. The van der Waals surface area contributed by atoms with Gasteiger partial charge in [0.25, 0.3) is 0 Å². The lowest BCUT2D eigenvalue weighted by Gasteiger charge is -2.27. The van der Waals surface area contributed by atoms with Crippen molar-refractivity contribution in [3.05, 3.63) is 23.8 Å². The van der Waals surface area contributed by atoms with Gasteiger partial charge in [0.15, 0.2) is 0 Å². The fourth-order valence-electron chi connectivity index (χ4n) is 2.42. The molecule has 1 aromatic rings. The van der Waals surface area contributed by atoms with Crippen molar-refractivity contribution in [2.75, 3.05) is 13.2 Å². The van der Waals surface area contributed by atoms with Crippen molar-refractivity contribution in [3.63, 3.8) is 0 Å². The zero-order valence-corrected chi connectivity index (χ0v) is 11.9. The molecule has 1 atom stereocenters. The van der Waals surface area contributed by atoms with E-state index in [9.17, 15) is 9.90 Å². The monoisotopic (exact) mass is 279 g/mol. The molecule has 5 heteroatoms. The molecule has 5 nitrogen and oxygen atoms in total. The van der Waals surface area contributed by atoms with E-state index in [4.69, 9.17) is 15.2 Å². The van der Waals surface area contributed by atoms with Crippen LogP contribution in [-0.4, -0.2) is 24.3 Å². The molecule has 1 aliphatic rings. The fraction of sp³-hybridized carbons (Fsp3) is 0.533. The fourth-order valence-corrected chi connectivity index (χ4v) is 2.42. The zero-order valence-electron chi connectivity index (χ0n) is 11.9. The summed E-state index contributed by atoms with van der Waals surface area (Å²) < 4.78 is 11.0. The number of rotatable bonds is 7. The van der Waals surface area contributed by atoms with Gasteiger partial charge in [-0.1, -0.05) is 0 Å². The van der Waals surface area contributed by atoms with Crippen molar-refractivity contribution >= 4 is 5.97 Å². The van der Waals surface area contributed by atoms with E-state index in [0.717, 1.165) is 12.8 Å². The largest absolute Gasteiger partial charge is 0.494 e. The second-order valence-electron chi connectivity index (χ2n) is 4.97. The second-order valence-corrected chi connectivity index (χ2v) is 4.97. The van der Waals surface area contributed by atoms with Gasteiger partial charge in [-0.15, -0.1) is 0 Å². The molecule has 0 radical (unpaired) electrons. The van der Waals surface area contributed by atoms with Crippen LogP contribution in [0.25, 0.3) is 0 Å². The van der Waals surface area contributed by atoms with Gasteiger partial charge in [-0.2, -0.15) is 0 Å². The average molecular weight is 279 g/mol. The van der Waals surface area contributed by atoms with Crippen molar-refractivity contribution < 1.29 is 19.4 Å². The number of benzene rings is 1. The molecule has 1 fully saturated rings. The minimum absolute atomic E-state index is 0.0304. The summed E-state index contributed by atoms with van der Waals surface area (Å²) in [5, 5.41) is 9.55. The summed E-state index contributed by atoms with van der Waals surface area (Å²) in [4.78, 5) is 11.7. The van der Waals surface area contributed by atoms with Crippen LogP contribution in [0.5, 0.6) is 11.5 Å². The van der Waals surface area contributed by atoms with Crippen LogP contribution in [-0.2, 0) is 10.3 Å². The number of carboxylic acids is 1. The summed E-state index contributed by atoms with van der Waals surface area (Å²) in [6, 6.07) is 5.17. The standard InChI is InChI=1S/C15H21NO4/c1-3-19-11-7-8-12(13(9-11)20-4-2)15(16,14(17)18)10-5-6-10/h7-10H,3-6,16H2,1-2H3,(H,17,18). The normalized spacial score (nSPS) is 17.4. The minimum atomic E-state index is -1.38. The Morgan fingerprint density at radius 3 is 2.50 bits per heavy atom. The summed E-state index contributed by atoms with van der Waals surface area (Å²) in [6.45, 7) is 4.74. The van der Waals surface area contributed by atoms with Crippen LogP contribution in [0, 0.1) is 5.92 Å². The molecule has 110 valence electrons. The first-order valence-corrected chi connectivity index (χ1v) is 6.96. The van der Waals surface area contributed by atoms with Crippen molar-refractivity contribution in [1.29, 1.82) is 0 Å². The third-order valence-electron chi connectivity index (χ3n) is 3.58. The van der Waals surface area contributed by atoms with E-state index in [1.54, 1.807) is 18.2 Å². The number of carbonyl (C=O) groups is 1. The number of hydrogen-bond donors (Lipinski definition) is 2. The predicted octanol–water partition coefficient (Wildman–Crippen LogP) is 2.13. The highest BCUT2D eigenvalue weighted by molar-refractivity contribution is 5.82. The van der Waals surface area contributed by atoms with Crippen LogP contribution >= 0.6 is 0 Å². The first kappa shape index (κ1) is 14.7. The Labute approximate surface area is 118 Å². The summed E-state index contributed by atoms with van der Waals surface area (Å²) in [7, 11) is 0. The Morgan fingerprint density at radius 2 is 2.00 bits per heavy atom. The van der Waals surface area contributed by atoms with Crippen LogP contribution in [0.4, 0.5) is 0 Å². The summed E-state index contributed by atoms with van der Waals surface area (Å²) in [6.07, 6.45) is 1.67. The van der Waals surface area contributed by atoms with Gasteiger partial charge in [-0.3, -0.25) is 0 Å². The predicted molar refractivity (Wildman–Crippen MR) is 75.0 cm³/mol. The molecule has 1 aromatic carbocycles. The first-order chi connectivity index (χ1) is 9.53. The van der Waals surface area contributed by atoms with Crippen molar-refractivity contribution in [2.24, 2.45) is 11.7 Å². The quantitative estimate of drug-likeness (QED) is 0.799. The van der Waals surface area contributed by atoms with Crippen molar-refractivity contribution in [2.45, 2.75) is 32.2 Å². The van der Waals surface area contributed by atoms with Gasteiger partial charge in [-0.25, -0.2) is 4.79 Å². The van der Waals surface area contributed by atoms with Gasteiger partial charge in [-0.05, 0) is 44.7 Å². The van der Waals surface area contributed by atoms with Crippen LogP contribution < -0.4 is 15.2 Å². The van der Waals surface area contributed by atoms with Gasteiger partial charge in [0.1, 0.15) is 17.0 Å². The molecule has 1 saturated carbocycles. The molecule has 0 saturated heterocycles. The molecule has 2 rings (SSSR count). The lowest BCUT2D eigenvalue weighted by Crippen LogP contribution is -2.47. The highest BCUT2D eigenvalue weighted by Gasteiger charge is 2.51. The van der Waals surface area contributed by atoms with Gasteiger partial charge >= 0.3 is 5.97 Å². The van der Waals surface area contributed by atoms with E-state index in [1.807, 2.05) is 13.8 Å². The third-order valence-corrected chi connectivity index (χ3v) is 3.58. The Bertz CT molecular complexity index is 499. The number of nitrogens with two attached hydrogens (primary N) is 1. The van der Waals surface area contributed by atoms with E-state index in [2.05, 4.69) is 0 Å². The van der Waals surface area contributed by atoms with Crippen LogP contribution in [0.2, 0.25) is 0 Å². The molecule has 1 unspecified atom stereocenters. The van der Waals surface area contributed by atoms with E-state index < -0.39 is 11.5 Å². The molecule has 0 amide bonds. The smallest absolute Gasteiger partial charge is 0.328 e. The Hall–Kier alpha value is -1.75. The lowest BCUT2D eigenvalue weighted by molar-refractivity contribution is -0.144. The molecule has 0 spiro atoms. The second kappa shape index (κ2) is 5.71. The minimum Gasteiger partial charge on any atom is -0.494 e. The Balaban J connectivity index is 2.45. The van der Waals surface area contributed by atoms with E-state index in [0.29, 0.717) is 30.3 Å². The number of carboxylic acid groups (broad SMARTS) is 1. The molecule has 1 aliphatic carbocycles. The van der Waals surface area contributed by atoms with Crippen molar-refractivity contribution in [3.8, 4) is 11.5 Å². The lowest BCUT2D eigenvalue weighted by atomic mass is 9.85. The SMILES string of the molecule is CCOc1ccc(C(N)(C(=O)O)C2CC2)c(OCC)c1. The first-order valence-electron chi connectivity index (χ1n) is 6.96. The van der Waals surface area contributed by atoms with Crippen molar-refractivity contribution in [1.82, 2.24) is 0 Å². The topological polar surface area (TPSA) is 81.8 Å². The van der Waals surface area contributed by atoms with E-state index in [1.165, 1.54) is 0 Å². The van der Waals surface area contributed by atoms with Gasteiger partial charge < -0.3 is 20.3 Å². The highest BCUT2D eigenvalue weighted by Crippen LogP contribution is 2.47. The molecule has 3 N–H and O–H groups in total. The van der Waals surface area contributed by atoms with Crippen LogP contribution in [0.1, 0.15) is 32.3 Å². The third kappa shape index (κ3) is 2.58. The molecule has 0 aromatic heterocycles. The van der Waals surface area contributed by atoms with E-state index in [-0.39, 0.29) is 5.92 Å². The number of aliphatic carboxylic acids is 1. The maximum Gasteiger partial charge on any atom is 0.328 e. The van der Waals surface area contributed by atoms with Gasteiger partial charge in [0, 0.05) is 11.6 Å². The summed E-state index contributed by atoms with van der Waals surface area (Å²) in [5.41, 5.74) is 5.35. The number of hydrogen-bond acceptors (Lipinski definition) is 4. The molecular formula is C15H21NO4. The molecule has 0 bridgehead atoms. The number of ether oxygens (including phenoxy) is 2. The average Bonchev–Trinajstić information content (AvgIpc) is 3.23. The molecule has 0 aliphatic heterocycles.